The number of piperazine rings is 1. The Morgan fingerprint density at radius 3 is 2.52 bits per heavy atom. The lowest BCUT2D eigenvalue weighted by Crippen LogP contribution is -3.29. The minimum absolute atomic E-state index is 0.0596. The van der Waals surface area contributed by atoms with Gasteiger partial charge >= 0.3 is 0 Å². The van der Waals surface area contributed by atoms with Crippen LogP contribution in [-0.4, -0.2) is 52.0 Å². The van der Waals surface area contributed by atoms with E-state index in [1.165, 1.54) is 15.4 Å². The first-order chi connectivity index (χ1) is 14.1. The number of anilines is 1. The summed E-state index contributed by atoms with van der Waals surface area (Å²) >= 11 is 0. The van der Waals surface area contributed by atoms with Gasteiger partial charge < -0.3 is 29.3 Å². The second-order valence-electron chi connectivity index (χ2n) is 7.71. The molecule has 2 heterocycles. The van der Waals surface area contributed by atoms with Crippen LogP contribution in [0.2, 0.25) is 0 Å². The lowest BCUT2D eigenvalue weighted by Gasteiger charge is -2.32. The number of ether oxygens (including phenoxy) is 3. The number of amides is 1. The molecule has 7 heteroatoms. The van der Waals surface area contributed by atoms with Crippen LogP contribution < -0.4 is 29.3 Å². The van der Waals surface area contributed by atoms with Crippen molar-refractivity contribution in [1.29, 1.82) is 0 Å². The molecule has 2 aliphatic heterocycles. The molecule has 4 rings (SSSR count). The molecule has 2 aromatic carbocycles. The zero-order valence-electron chi connectivity index (χ0n) is 17.0. The zero-order valence-corrected chi connectivity index (χ0v) is 17.0. The second-order valence-corrected chi connectivity index (χ2v) is 7.71. The minimum atomic E-state index is -0.0794. The molecule has 0 aliphatic carbocycles. The Balaban J connectivity index is 1.26. The van der Waals surface area contributed by atoms with E-state index >= 15 is 0 Å². The first kappa shape index (κ1) is 19.5. The molecule has 1 atom stereocenters. The molecule has 0 bridgehead atoms. The van der Waals surface area contributed by atoms with E-state index in [0.717, 1.165) is 55.7 Å². The number of carbonyl (C=O) groups is 1. The van der Waals surface area contributed by atoms with Crippen LogP contribution in [0.1, 0.15) is 12.5 Å². The molecule has 0 saturated carbocycles. The van der Waals surface area contributed by atoms with Crippen molar-refractivity contribution in [2.24, 2.45) is 0 Å². The van der Waals surface area contributed by atoms with Gasteiger partial charge in [0.15, 0.2) is 17.5 Å². The van der Waals surface area contributed by atoms with Crippen LogP contribution in [0.15, 0.2) is 42.5 Å². The summed E-state index contributed by atoms with van der Waals surface area (Å²) in [6.07, 6.45) is 0. The normalized spacial score (nSPS) is 21.4. The highest BCUT2D eigenvalue weighted by atomic mass is 16.7. The van der Waals surface area contributed by atoms with Crippen molar-refractivity contribution in [3.63, 3.8) is 0 Å². The molecule has 2 aromatic rings. The van der Waals surface area contributed by atoms with E-state index in [9.17, 15) is 4.79 Å². The van der Waals surface area contributed by atoms with Crippen molar-refractivity contribution in [2.75, 3.05) is 45.4 Å². The highest BCUT2D eigenvalue weighted by Crippen LogP contribution is 2.32. The Labute approximate surface area is 171 Å². The van der Waals surface area contributed by atoms with Gasteiger partial charge in [-0.15, -0.1) is 0 Å². The zero-order chi connectivity index (χ0) is 20.2. The van der Waals surface area contributed by atoms with Crippen molar-refractivity contribution < 1.29 is 28.8 Å². The smallest absolute Gasteiger partial charge is 0.282 e. The molecule has 3 N–H and O–H groups in total. The number of carbonyl (C=O) groups excluding carboxylic acids is 1. The van der Waals surface area contributed by atoms with Gasteiger partial charge in [-0.3, -0.25) is 4.79 Å². The largest absolute Gasteiger partial charge is 0.497 e. The van der Waals surface area contributed by atoms with E-state index in [1.54, 1.807) is 7.11 Å². The predicted molar refractivity (Wildman–Crippen MR) is 109 cm³/mol. The van der Waals surface area contributed by atoms with Gasteiger partial charge in [0.2, 0.25) is 6.79 Å². The van der Waals surface area contributed by atoms with E-state index in [-0.39, 0.29) is 11.9 Å². The topological polar surface area (TPSA) is 65.7 Å². The molecule has 0 radical (unpaired) electrons. The average Bonchev–Trinajstić information content (AvgIpc) is 3.22. The Morgan fingerprint density at radius 1 is 1.07 bits per heavy atom. The number of fused-ring (bicyclic) bond motifs is 1. The number of rotatable bonds is 6. The Hall–Kier alpha value is -2.77. The number of benzene rings is 2. The van der Waals surface area contributed by atoms with Gasteiger partial charge in [-0.05, 0) is 49.4 Å². The van der Waals surface area contributed by atoms with Gasteiger partial charge in [0.1, 0.15) is 38.5 Å². The molecular weight excluding hydrogens is 370 g/mol. The van der Waals surface area contributed by atoms with E-state index in [2.05, 4.69) is 17.4 Å². The molecule has 7 nitrogen and oxygen atoms in total. The van der Waals surface area contributed by atoms with Crippen LogP contribution in [0.3, 0.4) is 0 Å². The number of nitrogens with one attached hydrogen (secondary N) is 3. The standard InChI is InChI=1S/C22H27N3O4/c1-16(22(26)23-18-4-6-19(27-2)7-5-18)25-11-9-24(10-12-25)14-17-3-8-20-21(13-17)29-15-28-20/h3-8,13,16H,9-12,14-15H2,1-2H3,(H,23,26)/p+2/t16-/m1/s1. The fourth-order valence-corrected chi connectivity index (χ4v) is 3.98. The van der Waals surface area contributed by atoms with Crippen LogP contribution in [0, 0.1) is 0 Å². The maximum Gasteiger partial charge on any atom is 0.282 e. The quantitative estimate of drug-likeness (QED) is 0.626. The van der Waals surface area contributed by atoms with Crippen molar-refractivity contribution >= 4 is 11.6 Å². The maximum absolute atomic E-state index is 12.7. The lowest BCUT2D eigenvalue weighted by atomic mass is 10.1. The summed E-state index contributed by atoms with van der Waals surface area (Å²) in [5.74, 6) is 2.51. The molecule has 0 unspecified atom stereocenters. The second kappa shape index (κ2) is 8.71. The summed E-state index contributed by atoms with van der Waals surface area (Å²) < 4.78 is 16.0. The average molecular weight is 399 g/mol. The molecule has 29 heavy (non-hydrogen) atoms. The minimum Gasteiger partial charge on any atom is -0.497 e. The summed E-state index contributed by atoms with van der Waals surface area (Å²) in [7, 11) is 1.63. The molecule has 154 valence electrons. The lowest BCUT2D eigenvalue weighted by molar-refractivity contribution is -1.02. The molecule has 2 aliphatic rings. The third-order valence-corrected chi connectivity index (χ3v) is 5.85. The molecule has 0 spiro atoms. The molecule has 1 amide bonds. The third kappa shape index (κ3) is 4.63. The first-order valence-corrected chi connectivity index (χ1v) is 10.1. The Bertz CT molecular complexity index is 848. The maximum atomic E-state index is 12.7. The van der Waals surface area contributed by atoms with E-state index in [1.807, 2.05) is 37.3 Å². The predicted octanol–water partition coefficient (Wildman–Crippen LogP) is -0.265. The molecule has 0 aromatic heterocycles. The van der Waals surface area contributed by atoms with Crippen molar-refractivity contribution in [3.8, 4) is 17.2 Å². The monoisotopic (exact) mass is 399 g/mol. The molecule has 1 saturated heterocycles. The van der Waals surface area contributed by atoms with Crippen LogP contribution >= 0.6 is 0 Å². The van der Waals surface area contributed by atoms with Crippen LogP contribution in [0.4, 0.5) is 5.69 Å². The van der Waals surface area contributed by atoms with Crippen molar-refractivity contribution in [3.05, 3.63) is 48.0 Å². The Kier molecular flexibility index (Phi) is 5.87. The van der Waals surface area contributed by atoms with Gasteiger partial charge in [0.05, 0.1) is 7.11 Å². The van der Waals surface area contributed by atoms with Gasteiger partial charge in [-0.1, -0.05) is 0 Å². The van der Waals surface area contributed by atoms with Crippen LogP contribution in [0.5, 0.6) is 17.2 Å². The highest BCUT2D eigenvalue weighted by Gasteiger charge is 2.31. The number of hydrogen-bond donors (Lipinski definition) is 3. The van der Waals surface area contributed by atoms with Crippen LogP contribution in [0.25, 0.3) is 0 Å². The van der Waals surface area contributed by atoms with Gasteiger partial charge in [-0.25, -0.2) is 0 Å². The summed E-state index contributed by atoms with van der Waals surface area (Å²) in [4.78, 5) is 15.5. The number of methoxy groups -OCH3 is 1. The van der Waals surface area contributed by atoms with E-state index in [0.29, 0.717) is 6.79 Å². The first-order valence-electron chi connectivity index (χ1n) is 10.1. The van der Waals surface area contributed by atoms with Gasteiger partial charge in [-0.2, -0.15) is 0 Å². The van der Waals surface area contributed by atoms with Gasteiger partial charge in [0, 0.05) is 11.3 Å². The van der Waals surface area contributed by atoms with E-state index < -0.39 is 0 Å². The summed E-state index contributed by atoms with van der Waals surface area (Å²) in [5.41, 5.74) is 2.06. The third-order valence-electron chi connectivity index (χ3n) is 5.85. The fraction of sp³-hybridized carbons (Fsp3) is 0.409. The number of hydrogen-bond acceptors (Lipinski definition) is 4. The number of quaternary nitrogens is 2. The molecule has 1 fully saturated rings. The molecular formula is C22H29N3O4+2. The van der Waals surface area contributed by atoms with E-state index in [4.69, 9.17) is 14.2 Å². The summed E-state index contributed by atoms with van der Waals surface area (Å²) in [6.45, 7) is 7.35. The summed E-state index contributed by atoms with van der Waals surface area (Å²) in [6, 6.07) is 13.5. The fourth-order valence-electron chi connectivity index (χ4n) is 3.98. The van der Waals surface area contributed by atoms with Crippen LogP contribution in [-0.2, 0) is 11.3 Å². The van der Waals surface area contributed by atoms with Crippen molar-refractivity contribution in [2.45, 2.75) is 19.5 Å². The summed E-state index contributed by atoms with van der Waals surface area (Å²) in [5, 5.41) is 3.02. The SMILES string of the molecule is COc1ccc(NC(=O)[C@@H](C)[NH+]2CC[NH+](Cc3ccc4c(c3)OCO4)CC2)cc1. The van der Waals surface area contributed by atoms with Crippen molar-refractivity contribution in [1.82, 2.24) is 0 Å². The van der Waals surface area contributed by atoms with Gasteiger partial charge in [0.25, 0.3) is 5.91 Å². The Morgan fingerprint density at radius 2 is 1.79 bits per heavy atom. The highest BCUT2D eigenvalue weighted by molar-refractivity contribution is 5.93.